The van der Waals surface area contributed by atoms with Crippen LogP contribution in [0.4, 0.5) is 0 Å². The molecule has 0 spiro atoms. The largest absolute Gasteiger partial charge is 0.394 e. The van der Waals surface area contributed by atoms with E-state index < -0.39 is 49.5 Å². The van der Waals surface area contributed by atoms with E-state index in [1.807, 2.05) is 0 Å². The van der Waals surface area contributed by atoms with Crippen molar-refractivity contribution in [1.29, 1.82) is 0 Å². The molecule has 1 amide bonds. The lowest BCUT2D eigenvalue weighted by molar-refractivity contribution is -0.302. The van der Waals surface area contributed by atoms with Gasteiger partial charge in [0, 0.05) is 6.42 Å². The van der Waals surface area contributed by atoms with Crippen LogP contribution >= 0.6 is 0 Å². The van der Waals surface area contributed by atoms with Crippen LogP contribution in [0.5, 0.6) is 0 Å². The highest BCUT2D eigenvalue weighted by atomic mass is 16.7. The topological polar surface area (TPSA) is 149 Å². The van der Waals surface area contributed by atoms with E-state index in [2.05, 4.69) is 141 Å². The number of carbonyl (C=O) groups is 1. The van der Waals surface area contributed by atoms with E-state index >= 15 is 0 Å². The van der Waals surface area contributed by atoms with Crippen LogP contribution in [0, 0.1) is 0 Å². The fraction of sp³-hybridized carbons (Fsp3) is 0.696. The Balaban J connectivity index is 2.19. The van der Waals surface area contributed by atoms with Gasteiger partial charge < -0.3 is 40.3 Å². The normalized spacial score (nSPS) is 19.5. The van der Waals surface area contributed by atoms with Gasteiger partial charge in [0.15, 0.2) is 6.29 Å². The maximum absolute atomic E-state index is 13.1. The van der Waals surface area contributed by atoms with Crippen LogP contribution in [0.1, 0.15) is 251 Å². The molecule has 0 radical (unpaired) electrons. The van der Waals surface area contributed by atoms with Gasteiger partial charge in [-0.25, -0.2) is 0 Å². The lowest BCUT2D eigenvalue weighted by Crippen LogP contribution is -2.60. The summed E-state index contributed by atoms with van der Waals surface area (Å²) in [4.78, 5) is 13.1. The molecule has 1 rings (SSSR count). The van der Waals surface area contributed by atoms with Crippen molar-refractivity contribution in [3.8, 4) is 0 Å². The van der Waals surface area contributed by atoms with Gasteiger partial charge in [0.2, 0.25) is 5.91 Å². The van der Waals surface area contributed by atoms with Crippen LogP contribution in [0.3, 0.4) is 0 Å². The van der Waals surface area contributed by atoms with Gasteiger partial charge in [0.05, 0.1) is 25.4 Å². The third-order valence-electron chi connectivity index (χ3n) is 14.3. The third kappa shape index (κ3) is 45.3. The molecule has 1 fully saturated rings. The smallest absolute Gasteiger partial charge is 0.220 e. The monoisotopic (exact) mass is 1090 g/mol. The molecule has 1 heterocycles. The fourth-order valence-corrected chi connectivity index (χ4v) is 9.37. The van der Waals surface area contributed by atoms with Crippen molar-refractivity contribution < 1.29 is 39.8 Å². The first-order chi connectivity index (χ1) is 38.3. The molecule has 446 valence electrons. The molecule has 0 bridgehead atoms. The Bertz CT molecular complexity index is 1640. The minimum absolute atomic E-state index is 0.150. The summed E-state index contributed by atoms with van der Waals surface area (Å²) in [6, 6.07) is -0.736. The standard InChI is InChI=1S/C69H117NO8/c1-3-5-7-9-11-13-15-17-19-21-23-24-25-26-27-28-29-30-31-32-33-34-35-36-37-38-39-40-41-43-45-47-49-51-53-55-57-59-65(73)70-62(61-77-69-68(76)67(75)66(74)64(60-71)78-69)63(72)58-56-54-52-50-48-46-44-42-22-20-18-16-14-12-10-8-6-4-2/h5,7,11,13,17,19,23-24,26-27,29-30,32-33,35-36,38-39,41,43,62-64,66-69,71-72,74-76H,3-4,6,8-10,12,14-16,18,20-22,25,28,31,34,37,40,42,44-61H2,1-2H3,(H,70,73)/b7-5-,13-11-,19-17-,24-23-,27-26-,30-29-,33-32-,36-35-,39-38-,43-41-. The Morgan fingerprint density at radius 3 is 1.18 bits per heavy atom. The number of nitrogens with one attached hydrogen (secondary N) is 1. The minimum atomic E-state index is -1.56. The van der Waals surface area contributed by atoms with Crippen molar-refractivity contribution in [2.75, 3.05) is 13.2 Å². The number of aliphatic hydroxyl groups excluding tert-OH is 5. The molecule has 78 heavy (non-hydrogen) atoms. The number of allylic oxidation sites excluding steroid dienone is 20. The molecule has 0 aromatic carbocycles. The number of carbonyl (C=O) groups excluding carboxylic acids is 1. The molecule has 9 heteroatoms. The third-order valence-corrected chi connectivity index (χ3v) is 14.3. The summed E-state index contributed by atoms with van der Waals surface area (Å²) in [5.74, 6) is -0.162. The number of aliphatic hydroxyl groups is 5. The number of amides is 1. The zero-order valence-corrected chi connectivity index (χ0v) is 49.6. The van der Waals surface area contributed by atoms with Crippen molar-refractivity contribution >= 4 is 5.91 Å². The van der Waals surface area contributed by atoms with E-state index in [1.165, 1.54) is 96.3 Å². The number of rotatable bonds is 53. The van der Waals surface area contributed by atoms with Gasteiger partial charge in [-0.2, -0.15) is 0 Å². The highest BCUT2D eigenvalue weighted by Gasteiger charge is 2.44. The van der Waals surface area contributed by atoms with Crippen LogP contribution in [0.15, 0.2) is 122 Å². The molecule has 6 N–H and O–H groups in total. The van der Waals surface area contributed by atoms with E-state index in [9.17, 15) is 30.3 Å². The summed E-state index contributed by atoms with van der Waals surface area (Å²) in [5, 5.41) is 54.8. The first-order valence-electron chi connectivity index (χ1n) is 31.7. The summed E-state index contributed by atoms with van der Waals surface area (Å²) in [6.07, 6.45) is 78.0. The molecule has 1 aliphatic rings. The summed E-state index contributed by atoms with van der Waals surface area (Å²) >= 11 is 0. The molecule has 9 nitrogen and oxygen atoms in total. The molecule has 7 unspecified atom stereocenters. The van der Waals surface area contributed by atoms with Gasteiger partial charge in [0.25, 0.3) is 0 Å². The zero-order chi connectivity index (χ0) is 56.5. The molecule has 0 saturated carbocycles. The Morgan fingerprint density at radius 1 is 0.449 bits per heavy atom. The van der Waals surface area contributed by atoms with Gasteiger partial charge in [-0.3, -0.25) is 4.79 Å². The quantitative estimate of drug-likeness (QED) is 0.0261. The molecule has 1 saturated heterocycles. The maximum Gasteiger partial charge on any atom is 0.220 e. The Hall–Kier alpha value is -3.41. The van der Waals surface area contributed by atoms with E-state index in [4.69, 9.17) is 9.47 Å². The van der Waals surface area contributed by atoms with Gasteiger partial charge in [-0.15, -0.1) is 0 Å². The predicted octanol–water partition coefficient (Wildman–Crippen LogP) is 16.7. The summed E-state index contributed by atoms with van der Waals surface area (Å²) in [5.41, 5.74) is 0. The second-order valence-electron chi connectivity index (χ2n) is 21.5. The van der Waals surface area contributed by atoms with Gasteiger partial charge in [-0.05, 0) is 89.9 Å². The summed E-state index contributed by atoms with van der Waals surface area (Å²) in [7, 11) is 0. The van der Waals surface area contributed by atoms with Crippen LogP contribution in [0.2, 0.25) is 0 Å². The molecular weight excluding hydrogens is 971 g/mol. The SMILES string of the molecule is CC/C=C\C/C=C\C/C=C\C/C=C\C/C=C\C/C=C\C/C=C\C/C=C\C/C=C\C/C=C\CCCCCCCCC(=O)NC(COC1OC(CO)C(O)C(O)C1O)C(O)CCCCCCCCCCCCCCCCCCCC. The minimum Gasteiger partial charge on any atom is -0.394 e. The van der Waals surface area contributed by atoms with Crippen LogP contribution in [-0.2, 0) is 14.3 Å². The predicted molar refractivity (Wildman–Crippen MR) is 331 cm³/mol. The summed E-state index contributed by atoms with van der Waals surface area (Å²) < 4.78 is 11.3. The molecule has 0 aliphatic carbocycles. The first-order valence-corrected chi connectivity index (χ1v) is 31.7. The highest BCUT2D eigenvalue weighted by molar-refractivity contribution is 5.76. The van der Waals surface area contributed by atoms with Crippen molar-refractivity contribution in [3.05, 3.63) is 122 Å². The van der Waals surface area contributed by atoms with Crippen molar-refractivity contribution in [2.45, 2.75) is 294 Å². The second kappa shape index (κ2) is 56.8. The average molecular weight is 1090 g/mol. The Morgan fingerprint density at radius 2 is 0.795 bits per heavy atom. The van der Waals surface area contributed by atoms with Crippen LogP contribution in [-0.4, -0.2) is 87.5 Å². The van der Waals surface area contributed by atoms with Crippen LogP contribution in [0.25, 0.3) is 0 Å². The number of hydrogen-bond acceptors (Lipinski definition) is 8. The van der Waals surface area contributed by atoms with Crippen molar-refractivity contribution in [1.82, 2.24) is 5.32 Å². The highest BCUT2D eigenvalue weighted by Crippen LogP contribution is 2.23. The molecule has 0 aromatic heterocycles. The van der Waals surface area contributed by atoms with E-state index in [1.54, 1.807) is 0 Å². The molecule has 7 atom stereocenters. The molecule has 0 aromatic rings. The van der Waals surface area contributed by atoms with Crippen molar-refractivity contribution in [2.24, 2.45) is 0 Å². The van der Waals surface area contributed by atoms with E-state index in [0.717, 1.165) is 128 Å². The van der Waals surface area contributed by atoms with Gasteiger partial charge in [0.1, 0.15) is 24.4 Å². The van der Waals surface area contributed by atoms with E-state index in [-0.39, 0.29) is 12.5 Å². The summed E-state index contributed by atoms with van der Waals surface area (Å²) in [6.45, 7) is 3.72. The maximum atomic E-state index is 13.1. The van der Waals surface area contributed by atoms with Crippen LogP contribution < -0.4 is 5.32 Å². The Labute approximate surface area is 478 Å². The fourth-order valence-electron chi connectivity index (χ4n) is 9.37. The number of ether oxygens (including phenoxy) is 2. The van der Waals surface area contributed by atoms with E-state index in [0.29, 0.717) is 12.8 Å². The molecule has 1 aliphatic heterocycles. The first kappa shape index (κ1) is 72.6. The molecular formula is C69H117NO8. The van der Waals surface area contributed by atoms with Gasteiger partial charge >= 0.3 is 0 Å². The number of hydrogen-bond donors (Lipinski definition) is 6. The lowest BCUT2D eigenvalue weighted by Gasteiger charge is -2.40. The second-order valence-corrected chi connectivity index (χ2v) is 21.5. The van der Waals surface area contributed by atoms with Gasteiger partial charge in [-0.1, -0.05) is 277 Å². The Kier molecular flexibility index (Phi) is 52.9. The zero-order valence-electron chi connectivity index (χ0n) is 49.6. The van der Waals surface area contributed by atoms with Crippen molar-refractivity contribution in [3.63, 3.8) is 0 Å². The lowest BCUT2D eigenvalue weighted by atomic mass is 9.99. The average Bonchev–Trinajstić information content (AvgIpc) is 3.45. The number of unbranched alkanes of at least 4 members (excludes halogenated alkanes) is 23.